The first kappa shape index (κ1) is 19.0. The highest BCUT2D eigenvalue weighted by atomic mass is 32.2. The van der Waals surface area contributed by atoms with Gasteiger partial charge in [-0.05, 0) is 41.8 Å². The molecular weight excluding hydrogens is 360 g/mol. The number of carbonyl (C=O) groups excluding carboxylic acids is 1. The van der Waals surface area contributed by atoms with Crippen LogP contribution in [0.2, 0.25) is 0 Å². The zero-order chi connectivity index (χ0) is 19.2. The van der Waals surface area contributed by atoms with Gasteiger partial charge in [-0.2, -0.15) is 5.10 Å². The van der Waals surface area contributed by atoms with Gasteiger partial charge >= 0.3 is 0 Å². The summed E-state index contributed by atoms with van der Waals surface area (Å²) in [4.78, 5) is 14.2. The quantitative estimate of drug-likeness (QED) is 0.616. The molecule has 1 atom stereocenters. The van der Waals surface area contributed by atoms with E-state index in [0.717, 1.165) is 22.6 Å². The van der Waals surface area contributed by atoms with Gasteiger partial charge in [0.25, 0.3) is 0 Å². The maximum Gasteiger partial charge on any atom is 0.239 e. The molecule has 0 unspecified atom stereocenters. The van der Waals surface area contributed by atoms with E-state index in [4.69, 9.17) is 4.74 Å². The molecule has 1 saturated heterocycles. The van der Waals surface area contributed by atoms with Crippen molar-refractivity contribution in [3.8, 4) is 5.75 Å². The van der Waals surface area contributed by atoms with Gasteiger partial charge < -0.3 is 15.0 Å². The summed E-state index contributed by atoms with van der Waals surface area (Å²) in [6, 6.07) is 15.7. The van der Waals surface area contributed by atoms with Crippen LogP contribution in [0.15, 0.2) is 58.7 Å². The molecule has 6 nitrogen and oxygen atoms in total. The standard InChI is InChI=1S/C20H22N4O2S/c1-24(2)16-8-4-15(5-9-16)13-21-23-20-22-19(25)18(27-20)12-14-6-10-17(26-3)11-7-14/h4-11,13,18H,12H2,1-3H3,(H,22,23,25)/b21-13+/t18-/m0/s1. The first-order valence-electron chi connectivity index (χ1n) is 8.54. The molecule has 0 aliphatic carbocycles. The van der Waals surface area contributed by atoms with Gasteiger partial charge in [0.1, 0.15) is 5.75 Å². The van der Waals surface area contributed by atoms with Crippen molar-refractivity contribution in [1.82, 2.24) is 5.32 Å². The molecule has 1 heterocycles. The van der Waals surface area contributed by atoms with Gasteiger partial charge in [0.05, 0.1) is 18.6 Å². The van der Waals surface area contributed by atoms with Crippen molar-refractivity contribution in [2.24, 2.45) is 10.2 Å². The lowest BCUT2D eigenvalue weighted by atomic mass is 10.1. The molecule has 0 saturated carbocycles. The number of carbonyl (C=O) groups is 1. The topological polar surface area (TPSA) is 66.3 Å². The Kier molecular flexibility index (Phi) is 6.13. The van der Waals surface area contributed by atoms with Gasteiger partial charge in [0.2, 0.25) is 5.91 Å². The highest BCUT2D eigenvalue weighted by Crippen LogP contribution is 2.24. The van der Waals surface area contributed by atoms with Gasteiger partial charge in [-0.15, -0.1) is 5.10 Å². The van der Waals surface area contributed by atoms with E-state index in [2.05, 4.69) is 15.5 Å². The summed E-state index contributed by atoms with van der Waals surface area (Å²) in [6.07, 6.45) is 2.31. The fraction of sp³-hybridized carbons (Fsp3) is 0.250. The third-order valence-electron chi connectivity index (χ3n) is 4.12. The Morgan fingerprint density at radius 3 is 2.48 bits per heavy atom. The van der Waals surface area contributed by atoms with Gasteiger partial charge in [0.15, 0.2) is 5.17 Å². The number of hydrogen-bond donors (Lipinski definition) is 1. The Hall–Kier alpha value is -2.80. The minimum atomic E-state index is -0.202. The number of ether oxygens (including phenoxy) is 1. The molecule has 1 aliphatic rings. The first-order chi connectivity index (χ1) is 13.0. The van der Waals surface area contributed by atoms with Crippen LogP contribution in [0.5, 0.6) is 5.75 Å². The number of benzene rings is 2. The number of nitrogens with one attached hydrogen (secondary N) is 1. The van der Waals surface area contributed by atoms with Crippen LogP contribution >= 0.6 is 11.8 Å². The van der Waals surface area contributed by atoms with Gasteiger partial charge in [-0.25, -0.2) is 0 Å². The molecule has 1 aliphatic heterocycles. The molecule has 140 valence electrons. The van der Waals surface area contributed by atoms with E-state index in [9.17, 15) is 4.79 Å². The summed E-state index contributed by atoms with van der Waals surface area (Å²) in [6.45, 7) is 0. The van der Waals surface area contributed by atoms with Crippen molar-refractivity contribution >= 4 is 34.7 Å². The van der Waals surface area contributed by atoms with Crippen molar-refractivity contribution in [3.63, 3.8) is 0 Å². The Morgan fingerprint density at radius 2 is 1.85 bits per heavy atom. The summed E-state index contributed by atoms with van der Waals surface area (Å²) in [5.74, 6) is 0.762. The zero-order valence-corrected chi connectivity index (χ0v) is 16.4. The molecule has 2 aromatic rings. The number of methoxy groups -OCH3 is 1. The molecule has 7 heteroatoms. The molecule has 1 fully saturated rings. The third kappa shape index (κ3) is 5.10. The maximum atomic E-state index is 12.2. The predicted molar refractivity (Wildman–Crippen MR) is 112 cm³/mol. The summed E-state index contributed by atoms with van der Waals surface area (Å²) >= 11 is 1.40. The smallest absolute Gasteiger partial charge is 0.239 e. The lowest BCUT2D eigenvalue weighted by molar-refractivity contribution is -0.118. The van der Waals surface area contributed by atoms with Crippen LogP contribution in [0, 0.1) is 0 Å². The van der Waals surface area contributed by atoms with Crippen LogP contribution in [0.25, 0.3) is 0 Å². The monoisotopic (exact) mass is 382 g/mol. The Bertz CT molecular complexity index is 845. The number of hydrogen-bond acceptors (Lipinski definition) is 6. The average Bonchev–Trinajstić information content (AvgIpc) is 3.02. The number of rotatable bonds is 6. The summed E-state index contributed by atoms with van der Waals surface area (Å²) in [7, 11) is 5.63. The molecule has 1 N–H and O–H groups in total. The normalized spacial score (nSPS) is 18.1. The first-order valence-corrected chi connectivity index (χ1v) is 9.42. The van der Waals surface area contributed by atoms with Crippen LogP contribution in [0.1, 0.15) is 11.1 Å². The van der Waals surface area contributed by atoms with Crippen LogP contribution in [0.4, 0.5) is 5.69 Å². The van der Waals surface area contributed by atoms with Crippen molar-refractivity contribution in [1.29, 1.82) is 0 Å². The van der Waals surface area contributed by atoms with E-state index >= 15 is 0 Å². The van der Waals surface area contributed by atoms with Crippen LogP contribution in [-0.4, -0.2) is 43.7 Å². The number of thioether (sulfide) groups is 1. The molecule has 3 rings (SSSR count). The van der Waals surface area contributed by atoms with Crippen LogP contribution < -0.4 is 15.0 Å². The second-order valence-electron chi connectivity index (χ2n) is 6.28. The van der Waals surface area contributed by atoms with Gasteiger partial charge in [0, 0.05) is 19.8 Å². The Morgan fingerprint density at radius 1 is 1.15 bits per heavy atom. The fourth-order valence-electron chi connectivity index (χ4n) is 2.57. The maximum absolute atomic E-state index is 12.2. The highest BCUT2D eigenvalue weighted by Gasteiger charge is 2.30. The number of nitrogens with zero attached hydrogens (tertiary/aromatic N) is 3. The predicted octanol–water partition coefficient (Wildman–Crippen LogP) is 2.93. The molecule has 0 spiro atoms. The highest BCUT2D eigenvalue weighted by molar-refractivity contribution is 8.15. The second-order valence-corrected chi connectivity index (χ2v) is 7.48. The van der Waals surface area contributed by atoms with E-state index in [1.165, 1.54) is 11.8 Å². The summed E-state index contributed by atoms with van der Waals surface area (Å²) in [5.41, 5.74) is 3.15. The average molecular weight is 382 g/mol. The minimum Gasteiger partial charge on any atom is -0.497 e. The Labute approximate surface area is 163 Å². The number of amidine groups is 1. The van der Waals surface area contributed by atoms with E-state index in [1.807, 2.05) is 67.5 Å². The lowest BCUT2D eigenvalue weighted by Crippen LogP contribution is -2.25. The Balaban J connectivity index is 1.58. The fourth-order valence-corrected chi connectivity index (χ4v) is 3.53. The SMILES string of the molecule is COc1ccc(C[C@@H]2S/C(=N/N=C/c3ccc(N(C)C)cc3)NC2=O)cc1. The third-order valence-corrected chi connectivity index (χ3v) is 5.19. The summed E-state index contributed by atoms with van der Waals surface area (Å²) < 4.78 is 5.15. The molecular formula is C20H22N4O2S. The number of amides is 1. The zero-order valence-electron chi connectivity index (χ0n) is 15.5. The van der Waals surface area contributed by atoms with E-state index in [-0.39, 0.29) is 11.2 Å². The van der Waals surface area contributed by atoms with E-state index in [1.54, 1.807) is 13.3 Å². The second kappa shape index (κ2) is 8.73. The van der Waals surface area contributed by atoms with Crippen molar-refractivity contribution in [2.45, 2.75) is 11.7 Å². The van der Waals surface area contributed by atoms with E-state index < -0.39 is 0 Å². The van der Waals surface area contributed by atoms with Gasteiger partial charge in [-0.3, -0.25) is 4.79 Å². The molecule has 0 aromatic heterocycles. The van der Waals surface area contributed by atoms with E-state index in [0.29, 0.717) is 11.6 Å². The van der Waals surface area contributed by atoms with Gasteiger partial charge in [-0.1, -0.05) is 36.0 Å². The minimum absolute atomic E-state index is 0.0416. The molecule has 27 heavy (non-hydrogen) atoms. The van der Waals surface area contributed by atoms with Crippen molar-refractivity contribution in [3.05, 3.63) is 59.7 Å². The molecule has 2 aromatic carbocycles. The molecule has 1 amide bonds. The van der Waals surface area contributed by atoms with Crippen molar-refractivity contribution < 1.29 is 9.53 Å². The largest absolute Gasteiger partial charge is 0.497 e. The molecule has 0 bridgehead atoms. The van der Waals surface area contributed by atoms with Crippen LogP contribution in [-0.2, 0) is 11.2 Å². The lowest BCUT2D eigenvalue weighted by Gasteiger charge is -2.11. The van der Waals surface area contributed by atoms with Crippen LogP contribution in [0.3, 0.4) is 0 Å². The molecule has 0 radical (unpaired) electrons. The van der Waals surface area contributed by atoms with Crippen molar-refractivity contribution in [2.75, 3.05) is 26.1 Å². The summed E-state index contributed by atoms with van der Waals surface area (Å²) in [5, 5.41) is 11.3. The number of anilines is 1.